The van der Waals surface area contributed by atoms with Crippen molar-refractivity contribution >= 4 is 0 Å². The summed E-state index contributed by atoms with van der Waals surface area (Å²) in [7, 11) is 3.40. The van der Waals surface area contributed by atoms with E-state index in [0.717, 1.165) is 44.7 Å². The van der Waals surface area contributed by atoms with Crippen molar-refractivity contribution in [1.29, 1.82) is 0 Å². The fraction of sp³-hybridized carbons (Fsp3) is 0.643. The normalized spacial score (nSPS) is 18.2. The van der Waals surface area contributed by atoms with E-state index < -0.39 is 0 Å². The summed E-state index contributed by atoms with van der Waals surface area (Å²) in [4.78, 5) is 4.19. The molecule has 5 nitrogen and oxygen atoms in total. The van der Waals surface area contributed by atoms with Crippen LogP contribution >= 0.6 is 0 Å². The molecule has 0 amide bonds. The predicted octanol–water partition coefficient (Wildman–Crippen LogP) is 1.38. The number of nitrogens with zero attached hydrogens (tertiary/aromatic N) is 1. The zero-order valence-corrected chi connectivity index (χ0v) is 11.6. The van der Waals surface area contributed by atoms with Gasteiger partial charge in [0.2, 0.25) is 5.88 Å². The standard InChI is InChI=1S/C14H22N2O3/c1-17-13-4-3-12(10-16-13)9-15-11-14(18-2)5-7-19-8-6-14/h3-4,10,15H,5-9,11H2,1-2H3. The van der Waals surface area contributed by atoms with Gasteiger partial charge < -0.3 is 19.5 Å². The number of rotatable bonds is 6. The minimum atomic E-state index is -0.0852. The summed E-state index contributed by atoms with van der Waals surface area (Å²) in [6.45, 7) is 3.17. The highest BCUT2D eigenvalue weighted by Gasteiger charge is 2.31. The Balaban J connectivity index is 1.81. The molecular weight excluding hydrogens is 244 g/mol. The highest BCUT2D eigenvalue weighted by Crippen LogP contribution is 2.23. The van der Waals surface area contributed by atoms with E-state index in [9.17, 15) is 0 Å². The van der Waals surface area contributed by atoms with E-state index >= 15 is 0 Å². The summed E-state index contributed by atoms with van der Waals surface area (Å²) in [5, 5.41) is 3.44. The van der Waals surface area contributed by atoms with Crippen molar-refractivity contribution in [3.8, 4) is 5.88 Å². The Bertz CT molecular complexity index is 375. The zero-order valence-electron chi connectivity index (χ0n) is 11.6. The van der Waals surface area contributed by atoms with Crippen LogP contribution in [0.1, 0.15) is 18.4 Å². The van der Waals surface area contributed by atoms with Crippen molar-refractivity contribution in [3.05, 3.63) is 23.9 Å². The maximum atomic E-state index is 5.68. The van der Waals surface area contributed by atoms with Gasteiger partial charge in [-0.05, 0) is 5.56 Å². The minimum absolute atomic E-state index is 0.0852. The molecule has 0 unspecified atom stereocenters. The van der Waals surface area contributed by atoms with Crippen LogP contribution in [0.5, 0.6) is 5.88 Å². The SMILES string of the molecule is COc1ccc(CNCC2(OC)CCOCC2)cn1. The van der Waals surface area contributed by atoms with Crippen LogP contribution in [-0.2, 0) is 16.0 Å². The van der Waals surface area contributed by atoms with Crippen molar-refractivity contribution < 1.29 is 14.2 Å². The second kappa shape index (κ2) is 6.84. The van der Waals surface area contributed by atoms with Gasteiger partial charge in [0.05, 0.1) is 12.7 Å². The van der Waals surface area contributed by atoms with Gasteiger partial charge in [-0.2, -0.15) is 0 Å². The molecule has 2 heterocycles. The number of ether oxygens (including phenoxy) is 3. The second-order valence-corrected chi connectivity index (χ2v) is 4.81. The summed E-state index contributed by atoms with van der Waals surface area (Å²) in [6, 6.07) is 3.89. The molecule has 0 radical (unpaired) electrons. The van der Waals surface area contributed by atoms with Gasteiger partial charge in [0.15, 0.2) is 0 Å². The van der Waals surface area contributed by atoms with Crippen molar-refractivity contribution in [3.63, 3.8) is 0 Å². The van der Waals surface area contributed by atoms with Gasteiger partial charge in [0.25, 0.3) is 0 Å². The molecule has 19 heavy (non-hydrogen) atoms. The summed E-state index contributed by atoms with van der Waals surface area (Å²) < 4.78 is 16.1. The average Bonchev–Trinajstić information content (AvgIpc) is 2.49. The first kappa shape index (κ1) is 14.2. The Morgan fingerprint density at radius 1 is 1.32 bits per heavy atom. The van der Waals surface area contributed by atoms with E-state index in [1.165, 1.54) is 0 Å². The molecule has 1 N–H and O–H groups in total. The lowest BCUT2D eigenvalue weighted by Gasteiger charge is -2.36. The van der Waals surface area contributed by atoms with Crippen LogP contribution in [0.4, 0.5) is 0 Å². The van der Waals surface area contributed by atoms with Crippen molar-refractivity contribution in [2.24, 2.45) is 0 Å². The van der Waals surface area contributed by atoms with Crippen LogP contribution in [0.25, 0.3) is 0 Å². The van der Waals surface area contributed by atoms with E-state index in [1.54, 1.807) is 14.2 Å². The lowest BCUT2D eigenvalue weighted by molar-refractivity contribution is -0.0877. The molecule has 1 aromatic rings. The molecular formula is C14H22N2O3. The molecule has 2 rings (SSSR count). The van der Waals surface area contributed by atoms with Crippen molar-refractivity contribution in [2.45, 2.75) is 25.0 Å². The quantitative estimate of drug-likeness (QED) is 0.843. The van der Waals surface area contributed by atoms with Gasteiger partial charge in [0.1, 0.15) is 0 Å². The fourth-order valence-electron chi connectivity index (χ4n) is 2.27. The van der Waals surface area contributed by atoms with Crippen LogP contribution in [0, 0.1) is 0 Å². The number of methoxy groups -OCH3 is 2. The van der Waals surface area contributed by atoms with Gasteiger partial charge in [-0.1, -0.05) is 6.07 Å². The van der Waals surface area contributed by atoms with Crippen molar-refractivity contribution in [2.75, 3.05) is 34.0 Å². The van der Waals surface area contributed by atoms with Crippen LogP contribution < -0.4 is 10.1 Å². The first-order valence-corrected chi connectivity index (χ1v) is 6.60. The number of nitrogens with one attached hydrogen (secondary N) is 1. The molecule has 0 atom stereocenters. The minimum Gasteiger partial charge on any atom is -0.481 e. The molecule has 1 aliphatic rings. The Hall–Kier alpha value is -1.17. The summed E-state index contributed by atoms with van der Waals surface area (Å²) in [6.07, 6.45) is 3.71. The fourth-order valence-corrected chi connectivity index (χ4v) is 2.27. The Labute approximate surface area is 114 Å². The zero-order chi connectivity index (χ0) is 13.6. The Morgan fingerprint density at radius 2 is 2.11 bits per heavy atom. The lowest BCUT2D eigenvalue weighted by atomic mass is 9.94. The number of pyridine rings is 1. The Morgan fingerprint density at radius 3 is 2.68 bits per heavy atom. The molecule has 0 spiro atoms. The second-order valence-electron chi connectivity index (χ2n) is 4.81. The van der Waals surface area contributed by atoms with Crippen LogP contribution in [0.3, 0.4) is 0 Å². The van der Waals surface area contributed by atoms with Crippen LogP contribution in [0.15, 0.2) is 18.3 Å². The third kappa shape index (κ3) is 3.89. The molecule has 0 saturated carbocycles. The molecule has 0 aromatic carbocycles. The molecule has 0 bridgehead atoms. The van der Waals surface area contributed by atoms with Gasteiger partial charge >= 0.3 is 0 Å². The van der Waals surface area contributed by atoms with Crippen LogP contribution in [-0.4, -0.2) is 44.6 Å². The summed E-state index contributed by atoms with van der Waals surface area (Å²) in [5.74, 6) is 0.640. The van der Waals surface area contributed by atoms with E-state index in [2.05, 4.69) is 10.3 Å². The first-order valence-electron chi connectivity index (χ1n) is 6.60. The molecule has 0 aliphatic carbocycles. The van der Waals surface area contributed by atoms with Gasteiger partial charge in [-0.15, -0.1) is 0 Å². The number of hydrogen-bond acceptors (Lipinski definition) is 5. The molecule has 1 aromatic heterocycles. The smallest absolute Gasteiger partial charge is 0.212 e. The maximum absolute atomic E-state index is 5.68. The molecule has 1 saturated heterocycles. The maximum Gasteiger partial charge on any atom is 0.212 e. The van der Waals surface area contributed by atoms with Gasteiger partial charge in [0, 0.05) is 58.5 Å². The highest BCUT2D eigenvalue weighted by atomic mass is 16.5. The van der Waals surface area contributed by atoms with Crippen LogP contribution in [0.2, 0.25) is 0 Å². The largest absolute Gasteiger partial charge is 0.481 e. The molecule has 106 valence electrons. The van der Waals surface area contributed by atoms with E-state index in [1.807, 2.05) is 18.3 Å². The first-order chi connectivity index (χ1) is 9.28. The topological polar surface area (TPSA) is 52.6 Å². The average molecular weight is 266 g/mol. The summed E-state index contributed by atoms with van der Waals surface area (Å²) in [5.41, 5.74) is 1.05. The third-order valence-corrected chi connectivity index (χ3v) is 3.62. The number of hydrogen-bond donors (Lipinski definition) is 1. The lowest BCUT2D eigenvalue weighted by Crippen LogP contribution is -2.46. The molecule has 1 fully saturated rings. The number of aromatic nitrogens is 1. The van der Waals surface area contributed by atoms with E-state index in [-0.39, 0.29) is 5.60 Å². The van der Waals surface area contributed by atoms with E-state index in [4.69, 9.17) is 14.2 Å². The Kier molecular flexibility index (Phi) is 5.13. The highest BCUT2D eigenvalue weighted by molar-refractivity contribution is 5.17. The third-order valence-electron chi connectivity index (χ3n) is 3.62. The van der Waals surface area contributed by atoms with Gasteiger partial charge in [-0.3, -0.25) is 0 Å². The summed E-state index contributed by atoms with van der Waals surface area (Å²) >= 11 is 0. The molecule has 5 heteroatoms. The van der Waals surface area contributed by atoms with E-state index in [0.29, 0.717) is 5.88 Å². The van der Waals surface area contributed by atoms with Gasteiger partial charge in [-0.25, -0.2) is 4.98 Å². The predicted molar refractivity (Wildman–Crippen MR) is 72.3 cm³/mol. The van der Waals surface area contributed by atoms with Crippen molar-refractivity contribution in [1.82, 2.24) is 10.3 Å². The monoisotopic (exact) mass is 266 g/mol. The molecule has 1 aliphatic heterocycles.